The van der Waals surface area contributed by atoms with Gasteiger partial charge in [-0.25, -0.2) is 0 Å². The summed E-state index contributed by atoms with van der Waals surface area (Å²) in [7, 11) is 1.72. The van der Waals surface area contributed by atoms with Gasteiger partial charge in [-0.3, -0.25) is 0 Å². The molecule has 2 nitrogen and oxygen atoms in total. The van der Waals surface area contributed by atoms with E-state index in [0.29, 0.717) is 6.04 Å². The van der Waals surface area contributed by atoms with Gasteiger partial charge in [-0.05, 0) is 18.8 Å². The normalized spacial score (nSPS) is 16.0. The minimum absolute atomic E-state index is 0.325. The van der Waals surface area contributed by atoms with Crippen molar-refractivity contribution >= 4 is 0 Å². The van der Waals surface area contributed by atoms with Gasteiger partial charge in [0.2, 0.25) is 0 Å². The van der Waals surface area contributed by atoms with Gasteiger partial charge in [0, 0.05) is 19.8 Å². The summed E-state index contributed by atoms with van der Waals surface area (Å²) >= 11 is 0. The lowest BCUT2D eigenvalue weighted by molar-refractivity contribution is 0.184. The Morgan fingerprint density at radius 1 is 1.33 bits per heavy atom. The number of hydrogen-bond donors (Lipinski definition) is 1. The van der Waals surface area contributed by atoms with Crippen molar-refractivity contribution < 1.29 is 4.74 Å². The Morgan fingerprint density at radius 2 is 2.00 bits per heavy atom. The quantitative estimate of drug-likeness (QED) is 0.640. The first-order chi connectivity index (χ1) is 5.70. The van der Waals surface area contributed by atoms with Gasteiger partial charge < -0.3 is 10.5 Å². The van der Waals surface area contributed by atoms with Gasteiger partial charge in [0.25, 0.3) is 0 Å². The fraction of sp³-hybridized carbons (Fsp3) is 1.00. The van der Waals surface area contributed by atoms with Crippen molar-refractivity contribution in [3.05, 3.63) is 0 Å². The lowest BCUT2D eigenvalue weighted by Crippen LogP contribution is -2.24. The predicted molar refractivity (Wildman–Crippen MR) is 53.2 cm³/mol. The summed E-state index contributed by atoms with van der Waals surface area (Å²) in [4.78, 5) is 0. The monoisotopic (exact) mass is 173 g/mol. The average molecular weight is 173 g/mol. The molecule has 12 heavy (non-hydrogen) atoms. The van der Waals surface area contributed by atoms with Crippen molar-refractivity contribution in [2.45, 2.75) is 45.6 Å². The zero-order valence-electron chi connectivity index (χ0n) is 8.68. The van der Waals surface area contributed by atoms with E-state index in [1.165, 1.54) is 12.8 Å². The standard InChI is InChI=1S/C10H23NO/c1-4-5-9(2)8-10(11)6-7-12-3/h9-10H,4-8,11H2,1-3H3. The Hall–Kier alpha value is -0.0800. The van der Waals surface area contributed by atoms with E-state index in [9.17, 15) is 0 Å². The molecule has 2 N–H and O–H groups in total. The molecule has 2 atom stereocenters. The highest BCUT2D eigenvalue weighted by molar-refractivity contribution is 4.65. The van der Waals surface area contributed by atoms with Crippen molar-refractivity contribution in [2.75, 3.05) is 13.7 Å². The maximum Gasteiger partial charge on any atom is 0.0477 e. The van der Waals surface area contributed by atoms with Crippen molar-refractivity contribution in [1.82, 2.24) is 0 Å². The first-order valence-electron chi connectivity index (χ1n) is 4.95. The number of methoxy groups -OCH3 is 1. The Balaban J connectivity index is 3.33. The van der Waals surface area contributed by atoms with Gasteiger partial charge in [-0.1, -0.05) is 26.7 Å². The van der Waals surface area contributed by atoms with Crippen LogP contribution in [0.2, 0.25) is 0 Å². The smallest absolute Gasteiger partial charge is 0.0477 e. The highest BCUT2D eigenvalue weighted by Gasteiger charge is 2.07. The molecule has 0 aromatic heterocycles. The summed E-state index contributed by atoms with van der Waals surface area (Å²) in [5.74, 6) is 0.766. The molecule has 2 heteroatoms. The third-order valence-corrected chi connectivity index (χ3v) is 2.18. The molecule has 0 aromatic rings. The predicted octanol–water partition coefficient (Wildman–Crippen LogP) is 2.18. The highest BCUT2D eigenvalue weighted by Crippen LogP contribution is 2.12. The van der Waals surface area contributed by atoms with Gasteiger partial charge in [-0.2, -0.15) is 0 Å². The molecule has 0 aliphatic heterocycles. The summed E-state index contributed by atoms with van der Waals surface area (Å²) in [5, 5.41) is 0. The minimum atomic E-state index is 0.325. The molecule has 0 saturated heterocycles. The first kappa shape index (κ1) is 11.9. The molecular formula is C10H23NO. The number of ether oxygens (including phenoxy) is 1. The van der Waals surface area contributed by atoms with Crippen LogP contribution in [-0.4, -0.2) is 19.8 Å². The van der Waals surface area contributed by atoms with Crippen LogP contribution >= 0.6 is 0 Å². The zero-order chi connectivity index (χ0) is 9.40. The fourth-order valence-corrected chi connectivity index (χ4v) is 1.51. The van der Waals surface area contributed by atoms with Crippen LogP contribution in [0, 0.1) is 5.92 Å². The summed E-state index contributed by atoms with van der Waals surface area (Å²) in [6, 6.07) is 0.325. The number of nitrogens with two attached hydrogens (primary N) is 1. The van der Waals surface area contributed by atoms with Gasteiger partial charge in [0.05, 0.1) is 0 Å². The van der Waals surface area contributed by atoms with Gasteiger partial charge >= 0.3 is 0 Å². The van der Waals surface area contributed by atoms with Crippen LogP contribution in [0.4, 0.5) is 0 Å². The molecule has 0 bridgehead atoms. The average Bonchev–Trinajstić information content (AvgIpc) is 2.01. The third-order valence-electron chi connectivity index (χ3n) is 2.18. The van der Waals surface area contributed by atoms with Crippen LogP contribution in [-0.2, 0) is 4.74 Å². The Kier molecular flexibility index (Phi) is 7.51. The van der Waals surface area contributed by atoms with Crippen molar-refractivity contribution in [3.8, 4) is 0 Å². The molecule has 0 saturated carbocycles. The Morgan fingerprint density at radius 3 is 2.50 bits per heavy atom. The van der Waals surface area contributed by atoms with Gasteiger partial charge in [0.1, 0.15) is 0 Å². The lowest BCUT2D eigenvalue weighted by Gasteiger charge is -2.15. The maximum absolute atomic E-state index is 5.91. The second-order valence-corrected chi connectivity index (χ2v) is 3.67. The molecule has 0 fully saturated rings. The molecule has 0 aromatic carbocycles. The SMILES string of the molecule is CCCC(C)CC(N)CCOC. The molecule has 0 amide bonds. The first-order valence-corrected chi connectivity index (χ1v) is 4.95. The molecule has 74 valence electrons. The van der Waals surface area contributed by atoms with Crippen LogP contribution in [0.25, 0.3) is 0 Å². The van der Waals surface area contributed by atoms with E-state index < -0.39 is 0 Å². The number of rotatable bonds is 7. The number of hydrogen-bond acceptors (Lipinski definition) is 2. The van der Waals surface area contributed by atoms with E-state index >= 15 is 0 Å². The second-order valence-electron chi connectivity index (χ2n) is 3.67. The van der Waals surface area contributed by atoms with E-state index in [4.69, 9.17) is 10.5 Å². The molecule has 0 spiro atoms. The molecule has 0 rings (SSSR count). The Labute approximate surface area is 76.5 Å². The molecule has 2 unspecified atom stereocenters. The van der Waals surface area contributed by atoms with Gasteiger partial charge in [-0.15, -0.1) is 0 Å². The third kappa shape index (κ3) is 6.62. The summed E-state index contributed by atoms with van der Waals surface area (Å²) in [5.41, 5.74) is 5.91. The van der Waals surface area contributed by atoms with Crippen molar-refractivity contribution in [2.24, 2.45) is 11.7 Å². The minimum Gasteiger partial charge on any atom is -0.385 e. The van der Waals surface area contributed by atoms with Crippen LogP contribution in [0.15, 0.2) is 0 Å². The summed E-state index contributed by atoms with van der Waals surface area (Å²) in [6.45, 7) is 5.29. The molecular weight excluding hydrogens is 150 g/mol. The van der Waals surface area contributed by atoms with Crippen molar-refractivity contribution in [1.29, 1.82) is 0 Å². The molecule has 0 radical (unpaired) electrons. The largest absolute Gasteiger partial charge is 0.385 e. The maximum atomic E-state index is 5.91. The Bertz CT molecular complexity index is 95.8. The molecule has 0 heterocycles. The van der Waals surface area contributed by atoms with Crippen LogP contribution in [0.3, 0.4) is 0 Å². The van der Waals surface area contributed by atoms with Crippen molar-refractivity contribution in [3.63, 3.8) is 0 Å². The highest BCUT2D eigenvalue weighted by atomic mass is 16.5. The van der Waals surface area contributed by atoms with E-state index in [1.807, 2.05) is 0 Å². The van der Waals surface area contributed by atoms with E-state index in [-0.39, 0.29) is 0 Å². The van der Waals surface area contributed by atoms with Crippen LogP contribution in [0.1, 0.15) is 39.5 Å². The van der Waals surface area contributed by atoms with Crippen LogP contribution < -0.4 is 5.73 Å². The van der Waals surface area contributed by atoms with Crippen LogP contribution in [0.5, 0.6) is 0 Å². The van der Waals surface area contributed by atoms with E-state index in [1.54, 1.807) is 7.11 Å². The fourth-order valence-electron chi connectivity index (χ4n) is 1.51. The van der Waals surface area contributed by atoms with Gasteiger partial charge in [0.15, 0.2) is 0 Å². The summed E-state index contributed by atoms with van der Waals surface area (Å²) < 4.78 is 4.97. The van der Waals surface area contributed by atoms with E-state index in [0.717, 1.165) is 25.4 Å². The summed E-state index contributed by atoms with van der Waals surface area (Å²) in [6.07, 6.45) is 4.68. The topological polar surface area (TPSA) is 35.2 Å². The van der Waals surface area contributed by atoms with E-state index in [2.05, 4.69) is 13.8 Å². The second kappa shape index (κ2) is 7.56. The molecule has 0 aliphatic carbocycles. The lowest BCUT2D eigenvalue weighted by atomic mass is 9.96. The zero-order valence-corrected chi connectivity index (χ0v) is 8.68. The molecule has 0 aliphatic rings.